The molecule has 1 aromatic carbocycles. The Balaban J connectivity index is 2.15. The predicted molar refractivity (Wildman–Crippen MR) is 79.1 cm³/mol. The van der Waals surface area contributed by atoms with Crippen LogP contribution in [-0.4, -0.2) is 15.1 Å². The topological polar surface area (TPSA) is 79.1 Å². The Labute approximate surface area is 120 Å². The molecule has 0 bridgehead atoms. The molecule has 2 aromatic heterocycles. The molecule has 0 unspecified atom stereocenters. The lowest BCUT2D eigenvalue weighted by Gasteiger charge is -2.06. The fraction of sp³-hybridized carbons (Fsp3) is 0.125. The van der Waals surface area contributed by atoms with E-state index in [0.29, 0.717) is 11.3 Å². The van der Waals surface area contributed by atoms with Crippen molar-refractivity contribution in [2.24, 2.45) is 0 Å². The quantitative estimate of drug-likeness (QED) is 0.757. The molecule has 106 valence electrons. The van der Waals surface area contributed by atoms with Crippen LogP contribution < -0.4 is 5.56 Å². The number of furan rings is 1. The first kappa shape index (κ1) is 13.2. The molecule has 3 aromatic rings. The largest absolute Gasteiger partial charge is 0.493 e. The first-order valence-electron chi connectivity index (χ1n) is 6.51. The SMILES string of the molecule is Cc1ccc(-c2c(O)nc(-c3occc3C)[nH]c2=O)cc1. The second-order valence-corrected chi connectivity index (χ2v) is 4.91. The molecule has 21 heavy (non-hydrogen) atoms. The summed E-state index contributed by atoms with van der Waals surface area (Å²) in [5.74, 6) is 0.349. The van der Waals surface area contributed by atoms with E-state index in [1.165, 1.54) is 6.26 Å². The lowest BCUT2D eigenvalue weighted by atomic mass is 10.1. The van der Waals surface area contributed by atoms with E-state index >= 15 is 0 Å². The third-order valence-electron chi connectivity index (χ3n) is 3.32. The molecular weight excluding hydrogens is 268 g/mol. The van der Waals surface area contributed by atoms with Gasteiger partial charge in [-0.25, -0.2) is 0 Å². The Bertz CT molecular complexity index is 845. The summed E-state index contributed by atoms with van der Waals surface area (Å²) >= 11 is 0. The van der Waals surface area contributed by atoms with E-state index in [4.69, 9.17) is 4.42 Å². The highest BCUT2D eigenvalue weighted by Crippen LogP contribution is 2.27. The van der Waals surface area contributed by atoms with Crippen molar-refractivity contribution in [2.75, 3.05) is 0 Å². The van der Waals surface area contributed by atoms with Crippen molar-refractivity contribution >= 4 is 0 Å². The molecule has 0 atom stereocenters. The van der Waals surface area contributed by atoms with Crippen molar-refractivity contribution in [2.45, 2.75) is 13.8 Å². The van der Waals surface area contributed by atoms with Gasteiger partial charge < -0.3 is 14.5 Å². The van der Waals surface area contributed by atoms with Crippen LogP contribution in [0.25, 0.3) is 22.7 Å². The van der Waals surface area contributed by atoms with Gasteiger partial charge in [-0.05, 0) is 31.0 Å². The average Bonchev–Trinajstić information content (AvgIpc) is 2.86. The maximum absolute atomic E-state index is 12.3. The van der Waals surface area contributed by atoms with Crippen molar-refractivity contribution < 1.29 is 9.52 Å². The fourth-order valence-corrected chi connectivity index (χ4v) is 2.16. The lowest BCUT2D eigenvalue weighted by Crippen LogP contribution is -2.12. The highest BCUT2D eigenvalue weighted by Gasteiger charge is 2.16. The number of aromatic amines is 1. The van der Waals surface area contributed by atoms with Crippen LogP contribution in [0.5, 0.6) is 5.88 Å². The first-order chi connectivity index (χ1) is 10.1. The summed E-state index contributed by atoms with van der Waals surface area (Å²) < 4.78 is 5.28. The maximum Gasteiger partial charge on any atom is 0.263 e. The van der Waals surface area contributed by atoms with Gasteiger partial charge in [0.15, 0.2) is 11.6 Å². The highest BCUT2D eigenvalue weighted by molar-refractivity contribution is 5.69. The van der Waals surface area contributed by atoms with Gasteiger partial charge in [0, 0.05) is 0 Å². The van der Waals surface area contributed by atoms with E-state index in [9.17, 15) is 9.90 Å². The molecule has 0 aliphatic heterocycles. The number of aromatic hydroxyl groups is 1. The van der Waals surface area contributed by atoms with Gasteiger partial charge in [-0.3, -0.25) is 4.79 Å². The third-order valence-corrected chi connectivity index (χ3v) is 3.32. The zero-order valence-corrected chi connectivity index (χ0v) is 11.7. The standard InChI is InChI=1S/C16H14N2O3/c1-9-3-5-11(6-4-9)12-15(19)17-14(18-16(12)20)13-10(2)7-8-21-13/h3-8H,1-2H3,(H2,17,18,19,20). The number of H-pyrrole nitrogens is 1. The normalized spacial score (nSPS) is 10.8. The lowest BCUT2D eigenvalue weighted by molar-refractivity contribution is 0.452. The summed E-state index contributed by atoms with van der Waals surface area (Å²) in [6.07, 6.45) is 1.51. The maximum atomic E-state index is 12.3. The van der Waals surface area contributed by atoms with Gasteiger partial charge in [-0.15, -0.1) is 0 Å². The number of rotatable bonds is 2. The molecule has 0 aliphatic rings. The summed E-state index contributed by atoms with van der Waals surface area (Å²) in [4.78, 5) is 19.0. The second-order valence-electron chi connectivity index (χ2n) is 4.91. The van der Waals surface area contributed by atoms with E-state index in [0.717, 1.165) is 11.1 Å². The molecule has 0 fully saturated rings. The van der Waals surface area contributed by atoms with Crippen LogP contribution in [0.2, 0.25) is 0 Å². The highest BCUT2D eigenvalue weighted by atomic mass is 16.3. The Morgan fingerprint density at radius 2 is 1.86 bits per heavy atom. The van der Waals surface area contributed by atoms with Crippen LogP contribution in [-0.2, 0) is 0 Å². The van der Waals surface area contributed by atoms with Crippen molar-refractivity contribution in [3.8, 4) is 28.6 Å². The molecule has 0 saturated carbocycles. The predicted octanol–water partition coefficient (Wildman–Crippen LogP) is 3.02. The molecule has 0 radical (unpaired) electrons. The Morgan fingerprint density at radius 1 is 1.14 bits per heavy atom. The number of aromatic nitrogens is 2. The fourth-order valence-electron chi connectivity index (χ4n) is 2.16. The van der Waals surface area contributed by atoms with Crippen LogP contribution in [0.3, 0.4) is 0 Å². The number of aryl methyl sites for hydroxylation is 2. The number of hydrogen-bond acceptors (Lipinski definition) is 4. The van der Waals surface area contributed by atoms with Gasteiger partial charge in [0.25, 0.3) is 5.56 Å². The summed E-state index contributed by atoms with van der Waals surface area (Å²) in [6, 6.07) is 9.07. The van der Waals surface area contributed by atoms with E-state index < -0.39 is 5.56 Å². The molecule has 0 spiro atoms. The molecular formula is C16H14N2O3. The number of nitrogens with zero attached hydrogens (tertiary/aromatic N) is 1. The van der Waals surface area contributed by atoms with Gasteiger partial charge in [0.1, 0.15) is 5.56 Å². The average molecular weight is 282 g/mol. The van der Waals surface area contributed by atoms with Crippen molar-refractivity contribution in [1.29, 1.82) is 0 Å². The van der Waals surface area contributed by atoms with Crippen LogP contribution in [0.15, 0.2) is 45.8 Å². The molecule has 2 N–H and O–H groups in total. The van der Waals surface area contributed by atoms with Crippen LogP contribution in [0.1, 0.15) is 11.1 Å². The molecule has 0 saturated heterocycles. The minimum absolute atomic E-state index is 0.156. The van der Waals surface area contributed by atoms with Crippen molar-refractivity contribution in [1.82, 2.24) is 9.97 Å². The number of hydrogen-bond donors (Lipinski definition) is 2. The van der Waals surface area contributed by atoms with Gasteiger partial charge in [-0.1, -0.05) is 29.8 Å². The summed E-state index contributed by atoms with van der Waals surface area (Å²) in [6.45, 7) is 3.79. The number of benzene rings is 1. The smallest absolute Gasteiger partial charge is 0.263 e. The minimum atomic E-state index is -0.405. The first-order valence-corrected chi connectivity index (χ1v) is 6.51. The van der Waals surface area contributed by atoms with Crippen LogP contribution in [0, 0.1) is 13.8 Å². The number of nitrogens with one attached hydrogen (secondary N) is 1. The zero-order chi connectivity index (χ0) is 15.0. The van der Waals surface area contributed by atoms with E-state index in [1.54, 1.807) is 18.2 Å². The third kappa shape index (κ3) is 2.33. The molecule has 2 heterocycles. The summed E-state index contributed by atoms with van der Waals surface area (Å²) in [5.41, 5.74) is 2.28. The molecule has 0 aliphatic carbocycles. The van der Waals surface area contributed by atoms with E-state index in [1.807, 2.05) is 26.0 Å². The van der Waals surface area contributed by atoms with Gasteiger partial charge in [0.05, 0.1) is 6.26 Å². The van der Waals surface area contributed by atoms with Gasteiger partial charge in [-0.2, -0.15) is 4.98 Å². The van der Waals surface area contributed by atoms with E-state index in [2.05, 4.69) is 9.97 Å². The van der Waals surface area contributed by atoms with Crippen molar-refractivity contribution in [3.63, 3.8) is 0 Å². The van der Waals surface area contributed by atoms with E-state index in [-0.39, 0.29) is 17.3 Å². The summed E-state index contributed by atoms with van der Waals surface area (Å²) in [7, 11) is 0. The second kappa shape index (κ2) is 4.94. The Hall–Kier alpha value is -2.82. The Morgan fingerprint density at radius 3 is 2.43 bits per heavy atom. The monoisotopic (exact) mass is 282 g/mol. The molecule has 5 nitrogen and oxygen atoms in total. The van der Waals surface area contributed by atoms with Gasteiger partial charge >= 0.3 is 0 Å². The molecule has 0 amide bonds. The van der Waals surface area contributed by atoms with Crippen LogP contribution >= 0.6 is 0 Å². The zero-order valence-electron chi connectivity index (χ0n) is 11.7. The van der Waals surface area contributed by atoms with Crippen molar-refractivity contribution in [3.05, 3.63) is 58.1 Å². The van der Waals surface area contributed by atoms with Gasteiger partial charge in [0.2, 0.25) is 5.88 Å². The minimum Gasteiger partial charge on any atom is -0.493 e. The molecule has 5 heteroatoms. The Kier molecular flexibility index (Phi) is 3.10. The van der Waals surface area contributed by atoms with Crippen LogP contribution in [0.4, 0.5) is 0 Å². The molecule has 3 rings (SSSR count). The summed E-state index contributed by atoms with van der Waals surface area (Å²) in [5, 5.41) is 10.1.